The predicted molar refractivity (Wildman–Crippen MR) is 85.3 cm³/mol. The van der Waals surface area contributed by atoms with Crippen LogP contribution in [-0.4, -0.2) is 11.8 Å². The molecule has 2 amide bonds. The van der Waals surface area contributed by atoms with E-state index in [-0.39, 0.29) is 5.56 Å². The molecule has 2 N–H and O–H groups in total. The van der Waals surface area contributed by atoms with Gasteiger partial charge in [0.15, 0.2) is 0 Å². The third-order valence-corrected chi connectivity index (χ3v) is 3.39. The Labute approximate surface area is 131 Å². The highest BCUT2D eigenvalue weighted by atomic mass is 19.1. The van der Waals surface area contributed by atoms with Crippen molar-refractivity contribution in [1.82, 2.24) is 10.9 Å². The van der Waals surface area contributed by atoms with Gasteiger partial charge in [-0.3, -0.25) is 20.4 Å². The fourth-order valence-corrected chi connectivity index (χ4v) is 2.22. The summed E-state index contributed by atoms with van der Waals surface area (Å²) in [5.74, 6) is -1.54. The average molecular weight is 308 g/mol. The maximum Gasteiger partial charge on any atom is 0.269 e. The molecule has 3 aromatic carbocycles. The molecule has 0 heterocycles. The van der Waals surface area contributed by atoms with Gasteiger partial charge in [-0.25, -0.2) is 4.39 Å². The number of nitrogens with one attached hydrogen (secondary N) is 2. The Balaban J connectivity index is 1.69. The summed E-state index contributed by atoms with van der Waals surface area (Å²) in [5.41, 5.74) is 5.14. The van der Waals surface area contributed by atoms with Crippen molar-refractivity contribution in [3.63, 3.8) is 0 Å². The van der Waals surface area contributed by atoms with E-state index in [9.17, 15) is 14.0 Å². The second kappa shape index (κ2) is 6.27. The molecule has 0 atom stereocenters. The van der Waals surface area contributed by atoms with E-state index < -0.39 is 17.6 Å². The van der Waals surface area contributed by atoms with Gasteiger partial charge in [0.1, 0.15) is 5.82 Å². The maximum absolute atomic E-state index is 13.1. The van der Waals surface area contributed by atoms with Gasteiger partial charge in [0, 0.05) is 11.1 Å². The molecule has 0 aromatic heterocycles. The van der Waals surface area contributed by atoms with Crippen LogP contribution in [-0.2, 0) is 0 Å². The third kappa shape index (κ3) is 3.35. The number of halogens is 1. The van der Waals surface area contributed by atoms with Crippen molar-refractivity contribution >= 4 is 22.6 Å². The van der Waals surface area contributed by atoms with Crippen LogP contribution in [0.4, 0.5) is 4.39 Å². The van der Waals surface area contributed by atoms with E-state index in [1.807, 2.05) is 30.3 Å². The van der Waals surface area contributed by atoms with E-state index in [0.717, 1.165) is 16.8 Å². The molecule has 0 radical (unpaired) electrons. The SMILES string of the molecule is O=C(NNC(=O)c1ccc2ccccc2c1)c1cccc(F)c1. The smallest absolute Gasteiger partial charge is 0.267 e. The van der Waals surface area contributed by atoms with Crippen molar-refractivity contribution in [2.75, 3.05) is 0 Å². The first kappa shape index (κ1) is 14.7. The van der Waals surface area contributed by atoms with Crippen LogP contribution in [0.15, 0.2) is 66.7 Å². The van der Waals surface area contributed by atoms with Crippen LogP contribution in [0.5, 0.6) is 0 Å². The Kier molecular flexibility index (Phi) is 4.01. The number of hydrazine groups is 1. The van der Waals surface area contributed by atoms with Crippen LogP contribution in [0.3, 0.4) is 0 Å². The van der Waals surface area contributed by atoms with Crippen LogP contribution in [0.25, 0.3) is 10.8 Å². The zero-order valence-corrected chi connectivity index (χ0v) is 12.0. The van der Waals surface area contributed by atoms with Gasteiger partial charge in [-0.05, 0) is 41.1 Å². The number of hydrogen-bond donors (Lipinski definition) is 2. The summed E-state index contributed by atoms with van der Waals surface area (Å²) in [6.45, 7) is 0. The van der Waals surface area contributed by atoms with Gasteiger partial charge in [-0.15, -0.1) is 0 Å². The lowest BCUT2D eigenvalue weighted by Gasteiger charge is -2.08. The van der Waals surface area contributed by atoms with Gasteiger partial charge in [0.25, 0.3) is 11.8 Å². The minimum absolute atomic E-state index is 0.129. The number of amides is 2. The van der Waals surface area contributed by atoms with Gasteiger partial charge < -0.3 is 0 Å². The Morgan fingerprint density at radius 2 is 1.35 bits per heavy atom. The molecular weight excluding hydrogens is 295 g/mol. The van der Waals surface area contributed by atoms with Crippen LogP contribution < -0.4 is 10.9 Å². The summed E-state index contributed by atoms with van der Waals surface area (Å²) >= 11 is 0. The molecule has 0 fully saturated rings. The number of hydrogen-bond acceptors (Lipinski definition) is 2. The average Bonchev–Trinajstić information content (AvgIpc) is 2.59. The first-order valence-electron chi connectivity index (χ1n) is 6.98. The lowest BCUT2D eigenvalue weighted by atomic mass is 10.1. The molecule has 114 valence electrons. The monoisotopic (exact) mass is 308 g/mol. The minimum atomic E-state index is -0.585. The second-order valence-electron chi connectivity index (χ2n) is 4.98. The molecule has 0 saturated carbocycles. The van der Waals surface area contributed by atoms with Crippen LogP contribution in [0.2, 0.25) is 0 Å². The van der Waals surface area contributed by atoms with Crippen molar-refractivity contribution in [3.05, 3.63) is 83.7 Å². The Morgan fingerprint density at radius 1 is 0.696 bits per heavy atom. The van der Waals surface area contributed by atoms with Crippen LogP contribution in [0.1, 0.15) is 20.7 Å². The van der Waals surface area contributed by atoms with Crippen molar-refractivity contribution in [1.29, 1.82) is 0 Å². The standard InChI is InChI=1S/C18H13FN2O2/c19-16-7-3-6-14(11-16)17(22)20-21-18(23)15-9-8-12-4-1-2-5-13(12)10-15/h1-11H,(H,20,22)(H,21,23). The molecule has 23 heavy (non-hydrogen) atoms. The van der Waals surface area contributed by atoms with E-state index in [1.54, 1.807) is 12.1 Å². The Morgan fingerprint density at radius 3 is 2.04 bits per heavy atom. The van der Waals surface area contributed by atoms with Crippen LogP contribution in [0, 0.1) is 5.82 Å². The van der Waals surface area contributed by atoms with E-state index in [1.165, 1.54) is 18.2 Å². The van der Waals surface area contributed by atoms with Gasteiger partial charge in [0.05, 0.1) is 0 Å². The maximum atomic E-state index is 13.1. The molecule has 0 aliphatic carbocycles. The van der Waals surface area contributed by atoms with Crippen molar-refractivity contribution in [3.8, 4) is 0 Å². The molecule has 5 heteroatoms. The van der Waals surface area contributed by atoms with E-state index in [4.69, 9.17) is 0 Å². The van der Waals surface area contributed by atoms with Crippen molar-refractivity contribution < 1.29 is 14.0 Å². The largest absolute Gasteiger partial charge is 0.269 e. The predicted octanol–water partition coefficient (Wildman–Crippen LogP) is 3.05. The topological polar surface area (TPSA) is 58.2 Å². The van der Waals surface area contributed by atoms with E-state index >= 15 is 0 Å². The number of carbonyl (C=O) groups is 2. The summed E-state index contributed by atoms with van der Waals surface area (Å²) in [5, 5.41) is 1.95. The summed E-state index contributed by atoms with van der Waals surface area (Å²) in [7, 11) is 0. The van der Waals surface area contributed by atoms with Gasteiger partial charge >= 0.3 is 0 Å². The molecule has 0 saturated heterocycles. The third-order valence-electron chi connectivity index (χ3n) is 3.39. The number of fused-ring (bicyclic) bond motifs is 1. The minimum Gasteiger partial charge on any atom is -0.267 e. The molecule has 3 aromatic rings. The van der Waals surface area contributed by atoms with Crippen LogP contribution >= 0.6 is 0 Å². The molecule has 0 aliphatic heterocycles. The molecule has 0 aliphatic rings. The summed E-state index contributed by atoms with van der Waals surface area (Å²) < 4.78 is 13.1. The normalized spacial score (nSPS) is 10.3. The summed E-state index contributed by atoms with van der Waals surface area (Å²) in [4.78, 5) is 23.9. The Bertz CT molecular complexity index is 893. The van der Waals surface area contributed by atoms with Gasteiger partial charge in [-0.2, -0.15) is 0 Å². The molecular formula is C18H13FN2O2. The van der Waals surface area contributed by atoms with E-state index in [2.05, 4.69) is 10.9 Å². The van der Waals surface area contributed by atoms with Crippen molar-refractivity contribution in [2.24, 2.45) is 0 Å². The van der Waals surface area contributed by atoms with E-state index in [0.29, 0.717) is 5.56 Å². The number of carbonyl (C=O) groups excluding carboxylic acids is 2. The first-order valence-corrected chi connectivity index (χ1v) is 6.98. The van der Waals surface area contributed by atoms with Crippen molar-refractivity contribution in [2.45, 2.75) is 0 Å². The fraction of sp³-hybridized carbons (Fsp3) is 0. The second-order valence-corrected chi connectivity index (χ2v) is 4.98. The summed E-state index contributed by atoms with van der Waals surface area (Å²) in [6, 6.07) is 18.1. The number of rotatable bonds is 2. The molecule has 3 rings (SSSR count). The number of benzene rings is 3. The highest BCUT2D eigenvalue weighted by Gasteiger charge is 2.10. The molecule has 0 spiro atoms. The fourth-order valence-electron chi connectivity index (χ4n) is 2.22. The lowest BCUT2D eigenvalue weighted by molar-refractivity contribution is 0.0846. The zero-order chi connectivity index (χ0) is 16.2. The van der Waals surface area contributed by atoms with Gasteiger partial charge in [-0.1, -0.05) is 36.4 Å². The molecule has 4 nitrogen and oxygen atoms in total. The lowest BCUT2D eigenvalue weighted by Crippen LogP contribution is -2.41. The molecule has 0 unspecified atom stereocenters. The zero-order valence-electron chi connectivity index (χ0n) is 12.0. The highest BCUT2D eigenvalue weighted by Crippen LogP contribution is 2.15. The highest BCUT2D eigenvalue weighted by molar-refractivity contribution is 6.01. The first-order chi connectivity index (χ1) is 11.1. The summed E-state index contributed by atoms with van der Waals surface area (Å²) in [6.07, 6.45) is 0. The van der Waals surface area contributed by atoms with Gasteiger partial charge in [0.2, 0.25) is 0 Å². The Hall–Kier alpha value is -3.21. The molecule has 0 bridgehead atoms. The quantitative estimate of drug-likeness (QED) is 0.715.